The first-order chi connectivity index (χ1) is 9.69. The van der Waals surface area contributed by atoms with Gasteiger partial charge in [-0.25, -0.2) is 4.98 Å². The molecule has 4 nitrogen and oxygen atoms in total. The highest BCUT2D eigenvalue weighted by molar-refractivity contribution is 7.13. The summed E-state index contributed by atoms with van der Waals surface area (Å²) < 4.78 is 0. The van der Waals surface area contributed by atoms with E-state index in [-0.39, 0.29) is 5.91 Å². The third-order valence-corrected chi connectivity index (χ3v) is 4.90. The number of carbonyl (C=O) groups excluding carboxylic acids is 1. The van der Waals surface area contributed by atoms with Crippen LogP contribution in [0.1, 0.15) is 47.8 Å². The van der Waals surface area contributed by atoms with Crippen LogP contribution in [0.15, 0.2) is 6.20 Å². The molecule has 1 aliphatic heterocycles. The minimum Gasteiger partial charge on any atom is -0.351 e. The fourth-order valence-electron chi connectivity index (χ4n) is 2.66. The van der Waals surface area contributed by atoms with Gasteiger partial charge in [-0.3, -0.25) is 4.79 Å². The fourth-order valence-corrected chi connectivity index (χ4v) is 3.43. The Morgan fingerprint density at radius 2 is 2.45 bits per heavy atom. The summed E-state index contributed by atoms with van der Waals surface area (Å²) in [7, 11) is 0. The Morgan fingerprint density at radius 1 is 1.60 bits per heavy atom. The van der Waals surface area contributed by atoms with Crippen molar-refractivity contribution >= 4 is 17.2 Å². The summed E-state index contributed by atoms with van der Waals surface area (Å²) in [5.74, 6) is 0.845. The summed E-state index contributed by atoms with van der Waals surface area (Å²) in [4.78, 5) is 19.4. The Kier molecular flexibility index (Phi) is 5.98. The Balaban J connectivity index is 1.64. The lowest BCUT2D eigenvalue weighted by Gasteiger charge is -2.30. The number of piperidine rings is 1. The van der Waals surface area contributed by atoms with E-state index in [9.17, 15) is 4.79 Å². The maximum Gasteiger partial charge on any atom is 0.263 e. The Bertz CT molecular complexity index is 433. The van der Waals surface area contributed by atoms with Gasteiger partial charge in [0.1, 0.15) is 4.88 Å². The van der Waals surface area contributed by atoms with Gasteiger partial charge in [-0.15, -0.1) is 11.3 Å². The third-order valence-electron chi connectivity index (χ3n) is 3.76. The molecule has 0 saturated carbocycles. The van der Waals surface area contributed by atoms with Crippen molar-refractivity contribution in [2.75, 3.05) is 26.2 Å². The molecule has 1 amide bonds. The average molecular weight is 295 g/mol. The number of nitrogens with zero attached hydrogens (tertiary/aromatic N) is 2. The van der Waals surface area contributed by atoms with Crippen LogP contribution >= 0.6 is 11.3 Å². The van der Waals surface area contributed by atoms with Gasteiger partial charge in [0.2, 0.25) is 0 Å². The molecule has 0 aliphatic carbocycles. The van der Waals surface area contributed by atoms with E-state index in [1.165, 1.54) is 37.3 Å². The molecule has 1 atom stereocenters. The number of nitrogens with one attached hydrogen (secondary N) is 1. The SMILES string of the molecule is CCc1ncc(C(=O)NCCCN2CCCC(C)C2)s1. The minimum absolute atomic E-state index is 0.0224. The van der Waals surface area contributed by atoms with Crippen molar-refractivity contribution in [3.8, 4) is 0 Å². The summed E-state index contributed by atoms with van der Waals surface area (Å²) in [6.07, 6.45) is 6.28. The smallest absolute Gasteiger partial charge is 0.263 e. The zero-order chi connectivity index (χ0) is 14.4. The van der Waals surface area contributed by atoms with Crippen LogP contribution in [0.5, 0.6) is 0 Å². The lowest BCUT2D eigenvalue weighted by molar-refractivity contribution is 0.0954. The minimum atomic E-state index is 0.0224. The molecule has 0 spiro atoms. The summed E-state index contributed by atoms with van der Waals surface area (Å²) in [6.45, 7) is 8.65. The number of hydrogen-bond donors (Lipinski definition) is 1. The van der Waals surface area contributed by atoms with Crippen molar-refractivity contribution in [1.82, 2.24) is 15.2 Å². The number of aromatic nitrogens is 1. The van der Waals surface area contributed by atoms with Gasteiger partial charge in [-0.1, -0.05) is 13.8 Å². The van der Waals surface area contributed by atoms with Crippen LogP contribution in [0, 0.1) is 5.92 Å². The van der Waals surface area contributed by atoms with Crippen molar-refractivity contribution < 1.29 is 4.79 Å². The fraction of sp³-hybridized carbons (Fsp3) is 0.733. The molecule has 1 aliphatic rings. The molecule has 0 bridgehead atoms. The van der Waals surface area contributed by atoms with Gasteiger partial charge in [0.15, 0.2) is 0 Å². The number of carbonyl (C=O) groups is 1. The molecule has 1 N–H and O–H groups in total. The Labute approximate surface area is 125 Å². The molecule has 1 unspecified atom stereocenters. The molecule has 20 heavy (non-hydrogen) atoms. The number of likely N-dealkylation sites (tertiary alicyclic amines) is 1. The van der Waals surface area contributed by atoms with E-state index in [1.54, 1.807) is 6.20 Å². The van der Waals surface area contributed by atoms with Gasteiger partial charge < -0.3 is 10.2 Å². The van der Waals surface area contributed by atoms with Gasteiger partial charge >= 0.3 is 0 Å². The number of amides is 1. The maximum atomic E-state index is 11.9. The van der Waals surface area contributed by atoms with Crippen molar-refractivity contribution in [2.45, 2.75) is 39.5 Å². The zero-order valence-corrected chi connectivity index (χ0v) is 13.3. The molecule has 1 saturated heterocycles. The number of rotatable bonds is 6. The van der Waals surface area contributed by atoms with E-state index in [0.717, 1.165) is 41.7 Å². The average Bonchev–Trinajstić information content (AvgIpc) is 2.92. The topological polar surface area (TPSA) is 45.2 Å². The molecule has 1 aromatic rings. The number of thiazole rings is 1. The van der Waals surface area contributed by atoms with Gasteiger partial charge in [0.05, 0.1) is 11.2 Å². The van der Waals surface area contributed by atoms with Gasteiger partial charge in [0.25, 0.3) is 5.91 Å². The van der Waals surface area contributed by atoms with Crippen molar-refractivity contribution in [2.24, 2.45) is 5.92 Å². The lowest BCUT2D eigenvalue weighted by atomic mass is 10.0. The molecular weight excluding hydrogens is 270 g/mol. The normalized spacial score (nSPS) is 20.0. The van der Waals surface area contributed by atoms with E-state index in [2.05, 4.69) is 29.0 Å². The second-order valence-corrected chi connectivity index (χ2v) is 6.74. The first-order valence-corrected chi connectivity index (χ1v) is 8.46. The van der Waals surface area contributed by atoms with Crippen LogP contribution in [-0.2, 0) is 6.42 Å². The summed E-state index contributed by atoms with van der Waals surface area (Å²) in [6, 6.07) is 0. The van der Waals surface area contributed by atoms with Gasteiger partial charge in [-0.2, -0.15) is 0 Å². The van der Waals surface area contributed by atoms with E-state index in [0.29, 0.717) is 0 Å². The molecular formula is C15H25N3OS. The van der Waals surface area contributed by atoms with Crippen LogP contribution < -0.4 is 5.32 Å². The Hall–Kier alpha value is -0.940. The van der Waals surface area contributed by atoms with E-state index >= 15 is 0 Å². The van der Waals surface area contributed by atoms with Crippen LogP contribution in [0.4, 0.5) is 0 Å². The summed E-state index contributed by atoms with van der Waals surface area (Å²) in [5.41, 5.74) is 0. The number of hydrogen-bond acceptors (Lipinski definition) is 4. The quantitative estimate of drug-likeness (QED) is 0.820. The van der Waals surface area contributed by atoms with Crippen molar-refractivity contribution in [3.63, 3.8) is 0 Å². The molecule has 1 aromatic heterocycles. The standard InChI is InChI=1S/C15H25N3OS/c1-3-14-17-10-13(20-14)15(19)16-7-5-9-18-8-4-6-12(2)11-18/h10,12H,3-9,11H2,1-2H3,(H,16,19). The highest BCUT2D eigenvalue weighted by atomic mass is 32.1. The molecule has 2 rings (SSSR count). The van der Waals surface area contributed by atoms with Crippen molar-refractivity contribution in [1.29, 1.82) is 0 Å². The van der Waals surface area contributed by atoms with Crippen LogP contribution in [0.2, 0.25) is 0 Å². The molecule has 5 heteroatoms. The predicted molar refractivity (Wildman–Crippen MR) is 83.3 cm³/mol. The monoisotopic (exact) mass is 295 g/mol. The Morgan fingerprint density at radius 3 is 3.15 bits per heavy atom. The summed E-state index contributed by atoms with van der Waals surface area (Å²) >= 11 is 1.49. The van der Waals surface area contributed by atoms with Gasteiger partial charge in [0, 0.05) is 13.1 Å². The van der Waals surface area contributed by atoms with Gasteiger partial charge in [-0.05, 0) is 44.7 Å². The predicted octanol–water partition coefficient (Wildman–Crippen LogP) is 2.56. The van der Waals surface area contributed by atoms with Crippen LogP contribution in [0.25, 0.3) is 0 Å². The molecule has 1 fully saturated rings. The lowest BCUT2D eigenvalue weighted by Crippen LogP contribution is -2.36. The van der Waals surface area contributed by atoms with Crippen LogP contribution in [-0.4, -0.2) is 42.0 Å². The molecule has 0 aromatic carbocycles. The van der Waals surface area contributed by atoms with Crippen molar-refractivity contribution in [3.05, 3.63) is 16.1 Å². The highest BCUT2D eigenvalue weighted by Crippen LogP contribution is 2.15. The van der Waals surface area contributed by atoms with E-state index in [4.69, 9.17) is 0 Å². The first kappa shape index (κ1) is 15.4. The molecule has 112 valence electrons. The molecule has 0 radical (unpaired) electrons. The first-order valence-electron chi connectivity index (χ1n) is 7.64. The summed E-state index contributed by atoms with van der Waals surface area (Å²) in [5, 5.41) is 4.02. The van der Waals surface area contributed by atoms with E-state index in [1.807, 2.05) is 0 Å². The maximum absolute atomic E-state index is 11.9. The third kappa shape index (κ3) is 4.56. The van der Waals surface area contributed by atoms with Crippen LogP contribution in [0.3, 0.4) is 0 Å². The van der Waals surface area contributed by atoms with E-state index < -0.39 is 0 Å². The largest absolute Gasteiger partial charge is 0.351 e. The second kappa shape index (κ2) is 7.74. The zero-order valence-electron chi connectivity index (χ0n) is 12.5. The highest BCUT2D eigenvalue weighted by Gasteiger charge is 2.15. The second-order valence-electron chi connectivity index (χ2n) is 5.63. The molecule has 2 heterocycles. The number of aryl methyl sites for hydroxylation is 1.